The molecule has 0 aliphatic carbocycles. The number of thiazole rings is 1. The van der Waals surface area contributed by atoms with E-state index in [2.05, 4.69) is 31.8 Å². The van der Waals surface area contributed by atoms with Crippen LogP contribution in [0.25, 0.3) is 0 Å². The Kier molecular flexibility index (Phi) is 3.57. The number of aromatic nitrogens is 1. The maximum atomic E-state index is 5.85. The van der Waals surface area contributed by atoms with Crippen molar-refractivity contribution in [1.82, 2.24) is 4.98 Å². The molecule has 0 saturated heterocycles. The van der Waals surface area contributed by atoms with Crippen LogP contribution in [0.1, 0.15) is 32.0 Å². The van der Waals surface area contributed by atoms with Crippen LogP contribution in [-0.2, 0) is 12.0 Å². The first-order valence-corrected chi connectivity index (χ1v) is 6.77. The summed E-state index contributed by atoms with van der Waals surface area (Å²) in [6.45, 7) is 6.99. The molecule has 1 aromatic heterocycles. The Hall–Kier alpha value is -1.55. The van der Waals surface area contributed by atoms with Crippen molar-refractivity contribution in [2.24, 2.45) is 0 Å². The zero-order valence-electron chi connectivity index (χ0n) is 10.9. The summed E-state index contributed by atoms with van der Waals surface area (Å²) < 4.78 is 5.85. The van der Waals surface area contributed by atoms with E-state index in [0.29, 0.717) is 11.7 Å². The number of rotatable bonds is 3. The van der Waals surface area contributed by atoms with Crippen molar-refractivity contribution >= 4 is 16.5 Å². The predicted octanol–water partition coefficient (Wildman–Crippen LogP) is 3.60. The molecule has 1 heterocycles. The molecular weight excluding hydrogens is 244 g/mol. The first-order chi connectivity index (χ1) is 8.47. The Labute approximate surface area is 112 Å². The predicted molar refractivity (Wildman–Crippen MR) is 76.0 cm³/mol. The second-order valence-electron chi connectivity index (χ2n) is 5.21. The highest BCUT2D eigenvalue weighted by Gasteiger charge is 2.18. The number of nitrogens with two attached hydrogens (primary N) is 1. The number of nitrogen functional groups attached to an aromatic ring is 1. The number of anilines is 1. The highest BCUT2D eigenvalue weighted by molar-refractivity contribution is 7.13. The molecule has 2 aromatic rings. The molecule has 2 rings (SSSR count). The molecule has 0 spiro atoms. The maximum absolute atomic E-state index is 5.85. The third kappa shape index (κ3) is 3.01. The second kappa shape index (κ2) is 4.98. The van der Waals surface area contributed by atoms with Gasteiger partial charge in [-0.2, -0.15) is 0 Å². The summed E-state index contributed by atoms with van der Waals surface area (Å²) in [6, 6.07) is 8.12. The van der Waals surface area contributed by atoms with Crippen molar-refractivity contribution in [3.05, 3.63) is 40.9 Å². The van der Waals surface area contributed by atoms with Crippen molar-refractivity contribution in [2.75, 3.05) is 5.73 Å². The van der Waals surface area contributed by atoms with Gasteiger partial charge in [-0.25, -0.2) is 4.98 Å². The van der Waals surface area contributed by atoms with E-state index in [9.17, 15) is 0 Å². The summed E-state index contributed by atoms with van der Waals surface area (Å²) in [5.41, 5.74) is 7.74. The minimum absolute atomic E-state index is 0.0672. The van der Waals surface area contributed by atoms with Crippen LogP contribution in [0.3, 0.4) is 0 Å². The minimum Gasteiger partial charge on any atom is -0.487 e. The van der Waals surface area contributed by atoms with Gasteiger partial charge in [0.1, 0.15) is 12.4 Å². The van der Waals surface area contributed by atoms with Crippen LogP contribution in [0.4, 0.5) is 5.13 Å². The van der Waals surface area contributed by atoms with Crippen molar-refractivity contribution in [3.8, 4) is 5.75 Å². The Morgan fingerprint density at radius 3 is 2.61 bits per heavy atom. The van der Waals surface area contributed by atoms with Gasteiger partial charge in [0.25, 0.3) is 0 Å². The number of nitrogens with zero attached hydrogens (tertiary/aromatic N) is 1. The standard InChI is InChI=1S/C14H18N2OS/c1-14(2,3)11-6-4-5-7-12(11)17-8-10-9-18-13(15)16-10/h4-7,9H,8H2,1-3H3,(H2,15,16). The van der Waals surface area contributed by atoms with Gasteiger partial charge in [0.15, 0.2) is 5.13 Å². The fraction of sp³-hybridized carbons (Fsp3) is 0.357. The molecule has 4 heteroatoms. The van der Waals surface area contributed by atoms with Crippen LogP contribution in [0.2, 0.25) is 0 Å². The van der Waals surface area contributed by atoms with Crippen LogP contribution in [0.5, 0.6) is 5.75 Å². The fourth-order valence-electron chi connectivity index (χ4n) is 1.75. The molecule has 0 fully saturated rings. The van der Waals surface area contributed by atoms with E-state index in [1.807, 2.05) is 23.6 Å². The van der Waals surface area contributed by atoms with E-state index in [1.165, 1.54) is 16.9 Å². The molecule has 0 aliphatic rings. The SMILES string of the molecule is CC(C)(C)c1ccccc1OCc1csc(N)n1. The fourth-order valence-corrected chi connectivity index (χ4v) is 2.30. The third-order valence-corrected chi connectivity index (χ3v) is 3.36. The number of para-hydroxylation sites is 1. The molecule has 0 unspecified atom stereocenters. The maximum Gasteiger partial charge on any atom is 0.180 e. The Balaban J connectivity index is 2.14. The lowest BCUT2D eigenvalue weighted by molar-refractivity contribution is 0.294. The summed E-state index contributed by atoms with van der Waals surface area (Å²) in [5, 5.41) is 2.51. The molecule has 0 atom stereocenters. The Morgan fingerprint density at radius 1 is 1.28 bits per heavy atom. The van der Waals surface area contributed by atoms with Crippen LogP contribution < -0.4 is 10.5 Å². The number of ether oxygens (including phenoxy) is 1. The van der Waals surface area contributed by atoms with E-state index in [1.54, 1.807) is 0 Å². The average molecular weight is 262 g/mol. The molecule has 3 nitrogen and oxygen atoms in total. The average Bonchev–Trinajstić information content (AvgIpc) is 2.72. The van der Waals surface area contributed by atoms with Gasteiger partial charge in [-0.15, -0.1) is 11.3 Å². The van der Waals surface area contributed by atoms with E-state index in [0.717, 1.165) is 11.4 Å². The first-order valence-electron chi connectivity index (χ1n) is 5.89. The van der Waals surface area contributed by atoms with Gasteiger partial charge in [-0.05, 0) is 17.0 Å². The number of hydrogen-bond acceptors (Lipinski definition) is 4. The normalized spacial score (nSPS) is 11.5. The zero-order valence-corrected chi connectivity index (χ0v) is 11.8. The van der Waals surface area contributed by atoms with Crippen LogP contribution in [0, 0.1) is 0 Å². The van der Waals surface area contributed by atoms with Gasteiger partial charge in [-0.3, -0.25) is 0 Å². The smallest absolute Gasteiger partial charge is 0.180 e. The molecule has 0 aliphatic heterocycles. The molecule has 18 heavy (non-hydrogen) atoms. The van der Waals surface area contributed by atoms with E-state index >= 15 is 0 Å². The summed E-state index contributed by atoms with van der Waals surface area (Å²) in [5.74, 6) is 0.913. The summed E-state index contributed by atoms with van der Waals surface area (Å²) in [7, 11) is 0. The van der Waals surface area contributed by atoms with E-state index < -0.39 is 0 Å². The highest BCUT2D eigenvalue weighted by atomic mass is 32.1. The minimum atomic E-state index is 0.0672. The van der Waals surface area contributed by atoms with Gasteiger partial charge in [0.2, 0.25) is 0 Å². The van der Waals surface area contributed by atoms with Gasteiger partial charge in [-0.1, -0.05) is 39.0 Å². The van der Waals surface area contributed by atoms with Crippen LogP contribution in [-0.4, -0.2) is 4.98 Å². The lowest BCUT2D eigenvalue weighted by atomic mass is 9.86. The lowest BCUT2D eigenvalue weighted by Gasteiger charge is -2.22. The molecule has 0 saturated carbocycles. The van der Waals surface area contributed by atoms with Gasteiger partial charge < -0.3 is 10.5 Å². The van der Waals surface area contributed by atoms with Crippen molar-refractivity contribution in [2.45, 2.75) is 32.8 Å². The molecule has 0 amide bonds. The largest absolute Gasteiger partial charge is 0.487 e. The molecule has 1 aromatic carbocycles. The molecule has 0 bridgehead atoms. The summed E-state index contributed by atoms with van der Waals surface area (Å²) in [4.78, 5) is 4.19. The van der Waals surface area contributed by atoms with Gasteiger partial charge in [0, 0.05) is 5.38 Å². The Bertz CT molecular complexity index is 529. The van der Waals surface area contributed by atoms with Crippen LogP contribution >= 0.6 is 11.3 Å². The molecule has 96 valence electrons. The van der Waals surface area contributed by atoms with Gasteiger partial charge in [0.05, 0.1) is 5.69 Å². The number of benzene rings is 1. The summed E-state index contributed by atoms with van der Waals surface area (Å²) >= 11 is 1.44. The topological polar surface area (TPSA) is 48.1 Å². The van der Waals surface area contributed by atoms with Crippen LogP contribution in [0.15, 0.2) is 29.6 Å². The van der Waals surface area contributed by atoms with E-state index in [4.69, 9.17) is 10.5 Å². The lowest BCUT2D eigenvalue weighted by Crippen LogP contribution is -2.13. The summed E-state index contributed by atoms with van der Waals surface area (Å²) in [6.07, 6.45) is 0. The molecule has 0 radical (unpaired) electrons. The highest BCUT2D eigenvalue weighted by Crippen LogP contribution is 2.31. The monoisotopic (exact) mass is 262 g/mol. The van der Waals surface area contributed by atoms with E-state index in [-0.39, 0.29) is 5.41 Å². The molecule has 2 N–H and O–H groups in total. The van der Waals surface area contributed by atoms with Gasteiger partial charge >= 0.3 is 0 Å². The quantitative estimate of drug-likeness (QED) is 0.919. The third-order valence-electron chi connectivity index (χ3n) is 2.64. The van der Waals surface area contributed by atoms with Crippen molar-refractivity contribution < 1.29 is 4.74 Å². The van der Waals surface area contributed by atoms with Crippen molar-refractivity contribution in [1.29, 1.82) is 0 Å². The Morgan fingerprint density at radius 2 is 2.00 bits per heavy atom. The zero-order chi connectivity index (χ0) is 13.2. The van der Waals surface area contributed by atoms with Crippen molar-refractivity contribution in [3.63, 3.8) is 0 Å². The molecular formula is C14H18N2OS. The number of hydrogen-bond donors (Lipinski definition) is 1. The first kappa shape index (κ1) is 12.9. The second-order valence-corrected chi connectivity index (χ2v) is 6.10.